The number of anilines is 3. The van der Waals surface area contributed by atoms with Crippen molar-refractivity contribution in [2.24, 2.45) is 7.05 Å². The number of aromatic nitrogens is 6. The number of carbonyl (C=O) groups excluding carboxylic acids is 1. The lowest BCUT2D eigenvalue weighted by molar-refractivity contribution is 0.0962. The number of aliphatic hydroxyl groups excluding tert-OH is 1. The van der Waals surface area contributed by atoms with Gasteiger partial charge in [-0.05, 0) is 46.7 Å². The number of aryl methyl sites for hydroxylation is 2. The molecule has 34 heavy (non-hydrogen) atoms. The second-order valence-electron chi connectivity index (χ2n) is 7.61. The standard InChI is InChI=1S/C23H25N9O2/c1-14-11-16(9-10-17(14)22(34)24-2)26-23-25-12-18(21-29-30-31-32(21)3)20(28-23)27-19(13-33)15-7-5-4-6-8-15/h4-12,19,33H,13H2,1-3H3,(H,24,34)(H2,25,26,27,28)/t19-/m1/s1. The van der Waals surface area contributed by atoms with Crippen molar-refractivity contribution < 1.29 is 9.90 Å². The summed E-state index contributed by atoms with van der Waals surface area (Å²) in [6.45, 7) is 1.72. The summed E-state index contributed by atoms with van der Waals surface area (Å²) in [4.78, 5) is 21.0. The van der Waals surface area contributed by atoms with Gasteiger partial charge in [-0.15, -0.1) is 5.10 Å². The Bertz CT molecular complexity index is 1290. The summed E-state index contributed by atoms with van der Waals surface area (Å²) in [5.74, 6) is 1.11. The van der Waals surface area contributed by atoms with Crippen molar-refractivity contribution in [3.8, 4) is 11.4 Å². The summed E-state index contributed by atoms with van der Waals surface area (Å²) in [5, 5.41) is 30.8. The second kappa shape index (κ2) is 10.0. The summed E-state index contributed by atoms with van der Waals surface area (Å²) >= 11 is 0. The van der Waals surface area contributed by atoms with Crippen molar-refractivity contribution in [2.75, 3.05) is 24.3 Å². The van der Waals surface area contributed by atoms with Gasteiger partial charge in [0.25, 0.3) is 5.91 Å². The zero-order valence-corrected chi connectivity index (χ0v) is 19.0. The highest BCUT2D eigenvalue weighted by atomic mass is 16.3. The molecule has 174 valence electrons. The van der Waals surface area contributed by atoms with E-state index in [0.29, 0.717) is 28.7 Å². The smallest absolute Gasteiger partial charge is 0.251 e. The predicted octanol–water partition coefficient (Wildman–Crippen LogP) is 2.22. The van der Waals surface area contributed by atoms with E-state index in [0.717, 1.165) is 16.8 Å². The monoisotopic (exact) mass is 459 g/mol. The number of amides is 1. The molecule has 0 radical (unpaired) electrons. The van der Waals surface area contributed by atoms with Crippen LogP contribution in [0.4, 0.5) is 17.5 Å². The SMILES string of the molecule is CNC(=O)c1ccc(Nc2ncc(-c3nnnn3C)c(N[C@H](CO)c3ccccc3)n2)cc1C. The zero-order valence-electron chi connectivity index (χ0n) is 19.0. The minimum atomic E-state index is -0.405. The fraction of sp³-hybridized carbons (Fsp3) is 0.217. The van der Waals surface area contributed by atoms with Gasteiger partial charge >= 0.3 is 0 Å². The van der Waals surface area contributed by atoms with E-state index in [4.69, 9.17) is 0 Å². The maximum absolute atomic E-state index is 12.0. The zero-order chi connectivity index (χ0) is 24.1. The normalized spacial score (nSPS) is 11.6. The van der Waals surface area contributed by atoms with Gasteiger partial charge in [-0.2, -0.15) is 4.98 Å². The van der Waals surface area contributed by atoms with Crippen LogP contribution in [0.5, 0.6) is 0 Å². The van der Waals surface area contributed by atoms with Crippen molar-refractivity contribution in [3.63, 3.8) is 0 Å². The Kier molecular flexibility index (Phi) is 6.74. The van der Waals surface area contributed by atoms with Gasteiger partial charge in [0.05, 0.1) is 18.2 Å². The van der Waals surface area contributed by atoms with Crippen molar-refractivity contribution in [2.45, 2.75) is 13.0 Å². The molecule has 0 bridgehead atoms. The van der Waals surface area contributed by atoms with Gasteiger partial charge in [-0.25, -0.2) is 9.67 Å². The van der Waals surface area contributed by atoms with Crippen LogP contribution in [0.25, 0.3) is 11.4 Å². The van der Waals surface area contributed by atoms with Crippen LogP contribution in [0.15, 0.2) is 54.7 Å². The van der Waals surface area contributed by atoms with E-state index >= 15 is 0 Å². The van der Waals surface area contributed by atoms with E-state index in [1.807, 2.05) is 43.3 Å². The quantitative estimate of drug-likeness (QED) is 0.312. The minimum absolute atomic E-state index is 0.145. The number of carbonyl (C=O) groups is 1. The molecule has 1 amide bonds. The van der Waals surface area contributed by atoms with Crippen molar-refractivity contribution >= 4 is 23.4 Å². The fourth-order valence-corrected chi connectivity index (χ4v) is 3.52. The number of hydrogen-bond donors (Lipinski definition) is 4. The molecule has 4 N–H and O–H groups in total. The van der Waals surface area contributed by atoms with Crippen LogP contribution in [0.1, 0.15) is 27.5 Å². The molecule has 1 atom stereocenters. The average Bonchev–Trinajstić information content (AvgIpc) is 3.28. The Morgan fingerprint density at radius 3 is 2.62 bits per heavy atom. The number of nitrogens with one attached hydrogen (secondary N) is 3. The highest BCUT2D eigenvalue weighted by Crippen LogP contribution is 2.29. The lowest BCUT2D eigenvalue weighted by Gasteiger charge is -2.19. The molecule has 11 heteroatoms. The predicted molar refractivity (Wildman–Crippen MR) is 128 cm³/mol. The fourth-order valence-electron chi connectivity index (χ4n) is 3.52. The molecule has 0 spiro atoms. The highest BCUT2D eigenvalue weighted by molar-refractivity contribution is 5.95. The first kappa shape index (κ1) is 22.8. The van der Waals surface area contributed by atoms with E-state index < -0.39 is 6.04 Å². The maximum atomic E-state index is 12.0. The van der Waals surface area contributed by atoms with Crippen LogP contribution in [0.3, 0.4) is 0 Å². The van der Waals surface area contributed by atoms with E-state index in [9.17, 15) is 9.90 Å². The Labute approximate surface area is 196 Å². The first-order valence-corrected chi connectivity index (χ1v) is 10.6. The number of rotatable bonds is 8. The number of nitrogens with zero attached hydrogens (tertiary/aromatic N) is 6. The lowest BCUT2D eigenvalue weighted by atomic mass is 10.1. The minimum Gasteiger partial charge on any atom is -0.394 e. The molecule has 11 nitrogen and oxygen atoms in total. The first-order valence-electron chi connectivity index (χ1n) is 10.6. The van der Waals surface area contributed by atoms with Gasteiger partial charge in [-0.1, -0.05) is 30.3 Å². The van der Waals surface area contributed by atoms with Crippen LogP contribution in [0, 0.1) is 6.92 Å². The Morgan fingerprint density at radius 2 is 1.97 bits per heavy atom. The number of benzene rings is 2. The molecule has 2 heterocycles. The molecule has 0 unspecified atom stereocenters. The van der Waals surface area contributed by atoms with Crippen LogP contribution in [-0.2, 0) is 7.05 Å². The number of aliphatic hydroxyl groups is 1. The molecule has 2 aromatic carbocycles. The van der Waals surface area contributed by atoms with E-state index in [-0.39, 0.29) is 12.5 Å². The molecular formula is C23H25N9O2. The van der Waals surface area contributed by atoms with Crippen LogP contribution in [-0.4, -0.2) is 54.8 Å². The molecule has 4 rings (SSSR count). The summed E-state index contributed by atoms with van der Waals surface area (Å²) < 4.78 is 1.52. The van der Waals surface area contributed by atoms with E-state index in [2.05, 4.69) is 41.4 Å². The highest BCUT2D eigenvalue weighted by Gasteiger charge is 2.19. The summed E-state index contributed by atoms with van der Waals surface area (Å²) in [5.41, 5.74) is 3.62. The number of hydrogen-bond acceptors (Lipinski definition) is 9. The van der Waals surface area contributed by atoms with Gasteiger partial charge in [0.1, 0.15) is 5.82 Å². The summed E-state index contributed by atoms with van der Waals surface area (Å²) in [7, 11) is 3.32. The first-order chi connectivity index (χ1) is 16.5. The largest absolute Gasteiger partial charge is 0.394 e. The lowest BCUT2D eigenvalue weighted by Crippen LogP contribution is -2.19. The Morgan fingerprint density at radius 1 is 1.18 bits per heavy atom. The van der Waals surface area contributed by atoms with Crippen LogP contribution >= 0.6 is 0 Å². The average molecular weight is 460 g/mol. The topological polar surface area (TPSA) is 143 Å². The third-order valence-electron chi connectivity index (χ3n) is 5.30. The maximum Gasteiger partial charge on any atom is 0.251 e. The van der Waals surface area contributed by atoms with Crippen molar-refractivity contribution in [3.05, 3.63) is 71.4 Å². The molecular weight excluding hydrogens is 434 g/mol. The Balaban J connectivity index is 1.68. The van der Waals surface area contributed by atoms with E-state index in [1.165, 1.54) is 4.68 Å². The van der Waals surface area contributed by atoms with E-state index in [1.54, 1.807) is 32.4 Å². The third-order valence-corrected chi connectivity index (χ3v) is 5.30. The molecule has 0 fully saturated rings. The second-order valence-corrected chi connectivity index (χ2v) is 7.61. The Hall–Kier alpha value is -4.38. The molecule has 4 aromatic rings. The number of tetrazole rings is 1. The van der Waals surface area contributed by atoms with Gasteiger partial charge in [0, 0.05) is 31.5 Å². The summed E-state index contributed by atoms with van der Waals surface area (Å²) in [6, 6.07) is 14.6. The molecule has 0 aliphatic rings. The van der Waals surface area contributed by atoms with Gasteiger partial charge in [-0.3, -0.25) is 4.79 Å². The van der Waals surface area contributed by atoms with Gasteiger partial charge in [0.2, 0.25) is 5.95 Å². The molecule has 2 aromatic heterocycles. The van der Waals surface area contributed by atoms with Crippen molar-refractivity contribution in [1.82, 2.24) is 35.5 Å². The van der Waals surface area contributed by atoms with Gasteiger partial charge in [0.15, 0.2) is 5.82 Å². The van der Waals surface area contributed by atoms with Crippen LogP contribution in [0.2, 0.25) is 0 Å². The van der Waals surface area contributed by atoms with Crippen molar-refractivity contribution in [1.29, 1.82) is 0 Å². The third kappa shape index (κ3) is 4.84. The van der Waals surface area contributed by atoms with Crippen LogP contribution < -0.4 is 16.0 Å². The summed E-state index contributed by atoms with van der Waals surface area (Å²) in [6.07, 6.45) is 1.62. The molecule has 0 saturated heterocycles. The van der Waals surface area contributed by atoms with Gasteiger partial charge < -0.3 is 21.1 Å². The molecule has 0 aliphatic carbocycles. The molecule has 0 saturated carbocycles. The molecule has 0 aliphatic heterocycles.